The topological polar surface area (TPSA) is 71.3 Å². The maximum Gasteiger partial charge on any atom is 0.252 e. The summed E-state index contributed by atoms with van der Waals surface area (Å²) in [5, 5.41) is 16.0. The number of carbonyl (C=O) groups is 1. The summed E-state index contributed by atoms with van der Waals surface area (Å²) in [5.41, 5.74) is 0.403. The summed E-state index contributed by atoms with van der Waals surface area (Å²) in [6.45, 7) is 0.263. The van der Waals surface area contributed by atoms with Crippen LogP contribution in [0.4, 0.5) is 0 Å². The minimum atomic E-state index is -0.803. The van der Waals surface area contributed by atoms with Crippen LogP contribution in [0.25, 0.3) is 0 Å². The van der Waals surface area contributed by atoms with Gasteiger partial charge in [0.25, 0.3) is 11.5 Å². The largest absolute Gasteiger partial charge is 0.389 e. The molecule has 5 nitrogen and oxygen atoms in total. The third kappa shape index (κ3) is 3.77. The van der Waals surface area contributed by atoms with Gasteiger partial charge < -0.3 is 15.0 Å². The van der Waals surface area contributed by atoms with Crippen molar-refractivity contribution in [3.05, 3.63) is 57.1 Å². The maximum absolute atomic E-state index is 11.6. The molecule has 2 aromatic rings. The molecule has 0 spiro atoms. The molecule has 2 aromatic heterocycles. The first-order valence-corrected chi connectivity index (χ1v) is 6.75. The van der Waals surface area contributed by atoms with Crippen molar-refractivity contribution in [1.82, 2.24) is 9.88 Å². The Bertz CT molecular complexity index is 592. The number of rotatable bonds is 5. The minimum Gasteiger partial charge on any atom is -0.389 e. The fourth-order valence-corrected chi connectivity index (χ4v) is 2.25. The van der Waals surface area contributed by atoms with Crippen molar-refractivity contribution < 1.29 is 9.90 Å². The summed E-state index contributed by atoms with van der Waals surface area (Å²) in [6.07, 6.45) is 0.800. The lowest BCUT2D eigenvalue weighted by Gasteiger charge is -2.13. The molecule has 2 heterocycles. The van der Waals surface area contributed by atoms with Gasteiger partial charge in [0.2, 0.25) is 0 Å². The molecule has 0 aliphatic rings. The number of aliphatic hydroxyl groups excluding tert-OH is 1. The third-order valence-corrected chi connectivity index (χ3v) is 3.27. The first kappa shape index (κ1) is 13.5. The summed E-state index contributed by atoms with van der Waals surface area (Å²) in [6, 6.07) is 6.51. The molecule has 2 N–H and O–H groups in total. The van der Waals surface area contributed by atoms with Crippen molar-refractivity contribution in [3.8, 4) is 0 Å². The van der Waals surface area contributed by atoms with Gasteiger partial charge in [-0.3, -0.25) is 9.59 Å². The molecule has 6 heteroatoms. The predicted molar refractivity (Wildman–Crippen MR) is 73.4 cm³/mol. The van der Waals surface area contributed by atoms with Crippen LogP contribution in [0, 0.1) is 0 Å². The predicted octanol–water partition coefficient (Wildman–Crippen LogP) is 0.701. The smallest absolute Gasteiger partial charge is 0.252 e. The summed E-state index contributed by atoms with van der Waals surface area (Å²) >= 11 is 1.44. The average Bonchev–Trinajstić information content (AvgIpc) is 2.93. The van der Waals surface area contributed by atoms with Crippen LogP contribution in [-0.2, 0) is 6.54 Å². The van der Waals surface area contributed by atoms with Gasteiger partial charge in [0.15, 0.2) is 0 Å². The van der Waals surface area contributed by atoms with Crippen molar-refractivity contribution in [3.63, 3.8) is 0 Å². The van der Waals surface area contributed by atoms with E-state index in [-0.39, 0.29) is 24.6 Å². The lowest BCUT2D eigenvalue weighted by molar-refractivity contribution is 0.0903. The fourth-order valence-electron chi connectivity index (χ4n) is 1.61. The number of nitrogens with one attached hydrogen (secondary N) is 1. The second-order valence-corrected chi connectivity index (χ2v) is 4.85. The number of nitrogens with zero attached hydrogens (tertiary/aromatic N) is 1. The van der Waals surface area contributed by atoms with E-state index < -0.39 is 6.10 Å². The number of hydrogen-bond donors (Lipinski definition) is 2. The first-order chi connectivity index (χ1) is 9.16. The van der Waals surface area contributed by atoms with Crippen LogP contribution in [0.1, 0.15) is 10.4 Å². The fraction of sp³-hybridized carbons (Fsp3) is 0.231. The van der Waals surface area contributed by atoms with E-state index >= 15 is 0 Å². The van der Waals surface area contributed by atoms with Crippen LogP contribution in [0.5, 0.6) is 0 Å². The zero-order valence-electron chi connectivity index (χ0n) is 10.2. The number of aromatic nitrogens is 1. The third-order valence-electron chi connectivity index (χ3n) is 2.59. The van der Waals surface area contributed by atoms with Gasteiger partial charge in [0.1, 0.15) is 0 Å². The van der Waals surface area contributed by atoms with Gasteiger partial charge in [-0.15, -0.1) is 0 Å². The van der Waals surface area contributed by atoms with E-state index in [0.29, 0.717) is 5.56 Å². The Hall–Kier alpha value is -1.92. The molecule has 1 amide bonds. The summed E-state index contributed by atoms with van der Waals surface area (Å²) in [5.74, 6) is -0.222. The summed E-state index contributed by atoms with van der Waals surface area (Å²) in [7, 11) is 0. The van der Waals surface area contributed by atoms with Crippen LogP contribution >= 0.6 is 11.3 Å². The Kier molecular flexibility index (Phi) is 4.48. The second-order valence-electron chi connectivity index (χ2n) is 4.07. The molecule has 0 radical (unpaired) electrons. The first-order valence-electron chi connectivity index (χ1n) is 5.81. The Balaban J connectivity index is 1.85. The van der Waals surface area contributed by atoms with Crippen molar-refractivity contribution in [2.75, 3.05) is 6.54 Å². The molecule has 0 fully saturated rings. The average molecular weight is 278 g/mol. The zero-order chi connectivity index (χ0) is 13.7. The van der Waals surface area contributed by atoms with E-state index in [9.17, 15) is 14.7 Å². The monoisotopic (exact) mass is 278 g/mol. The van der Waals surface area contributed by atoms with Crippen molar-refractivity contribution in [2.45, 2.75) is 12.6 Å². The molecule has 1 atom stereocenters. The van der Waals surface area contributed by atoms with Gasteiger partial charge >= 0.3 is 0 Å². The normalized spacial score (nSPS) is 12.1. The molecule has 100 valence electrons. The van der Waals surface area contributed by atoms with Gasteiger partial charge in [-0.05, 0) is 17.5 Å². The van der Waals surface area contributed by atoms with Crippen LogP contribution in [0.3, 0.4) is 0 Å². The molecular formula is C13H14N2O3S. The molecule has 0 aliphatic carbocycles. The van der Waals surface area contributed by atoms with E-state index in [4.69, 9.17) is 0 Å². The highest BCUT2D eigenvalue weighted by Gasteiger charge is 2.10. The van der Waals surface area contributed by atoms with Crippen molar-refractivity contribution >= 4 is 17.2 Å². The number of aliphatic hydroxyl groups is 1. The Morgan fingerprint density at radius 2 is 2.26 bits per heavy atom. The van der Waals surface area contributed by atoms with Gasteiger partial charge in [0, 0.05) is 29.8 Å². The maximum atomic E-state index is 11.6. The highest BCUT2D eigenvalue weighted by molar-refractivity contribution is 7.08. The lowest BCUT2D eigenvalue weighted by atomic mass is 10.3. The minimum absolute atomic E-state index is 0.107. The highest BCUT2D eigenvalue weighted by Crippen LogP contribution is 2.05. The quantitative estimate of drug-likeness (QED) is 0.845. The molecule has 0 bridgehead atoms. The second kappa shape index (κ2) is 6.31. The lowest BCUT2D eigenvalue weighted by Crippen LogP contribution is -2.36. The molecule has 0 saturated heterocycles. The van der Waals surface area contributed by atoms with Crippen molar-refractivity contribution in [1.29, 1.82) is 0 Å². The molecular weight excluding hydrogens is 264 g/mol. The Morgan fingerprint density at radius 3 is 2.95 bits per heavy atom. The van der Waals surface area contributed by atoms with E-state index in [1.807, 2.05) is 5.38 Å². The standard InChI is InChI=1S/C13H14N2O3S/c16-11(8-15-5-2-1-3-12(15)17)7-14-13(18)10-4-6-19-9-10/h1-6,9,11,16H,7-8H2,(H,14,18)/t11-/m1/s1. The number of thiophene rings is 1. The Labute approximate surface area is 114 Å². The molecule has 2 rings (SSSR count). The van der Waals surface area contributed by atoms with E-state index in [0.717, 1.165) is 0 Å². The highest BCUT2D eigenvalue weighted by atomic mass is 32.1. The van der Waals surface area contributed by atoms with Crippen LogP contribution < -0.4 is 10.9 Å². The van der Waals surface area contributed by atoms with E-state index in [2.05, 4.69) is 5.32 Å². The molecule has 0 unspecified atom stereocenters. The molecule has 0 aliphatic heterocycles. The van der Waals surface area contributed by atoms with Gasteiger partial charge in [-0.2, -0.15) is 11.3 Å². The van der Waals surface area contributed by atoms with Crippen LogP contribution in [0.15, 0.2) is 46.0 Å². The number of carbonyl (C=O) groups excluding carboxylic acids is 1. The number of hydrogen-bond acceptors (Lipinski definition) is 4. The van der Waals surface area contributed by atoms with Crippen LogP contribution in [-0.4, -0.2) is 28.2 Å². The number of pyridine rings is 1. The zero-order valence-corrected chi connectivity index (χ0v) is 11.0. The molecule has 19 heavy (non-hydrogen) atoms. The van der Waals surface area contributed by atoms with Crippen molar-refractivity contribution in [2.24, 2.45) is 0 Å². The molecule has 0 saturated carbocycles. The Morgan fingerprint density at radius 1 is 1.42 bits per heavy atom. The number of amides is 1. The van der Waals surface area contributed by atoms with Gasteiger partial charge in [0.05, 0.1) is 12.6 Å². The van der Waals surface area contributed by atoms with E-state index in [1.165, 1.54) is 22.0 Å². The molecule has 0 aromatic carbocycles. The van der Waals surface area contributed by atoms with Gasteiger partial charge in [-0.25, -0.2) is 0 Å². The SMILES string of the molecule is O=C(NC[C@@H](O)Cn1ccccc1=O)c1ccsc1. The van der Waals surface area contributed by atoms with Gasteiger partial charge in [-0.1, -0.05) is 6.07 Å². The summed E-state index contributed by atoms with van der Waals surface area (Å²) in [4.78, 5) is 23.1. The summed E-state index contributed by atoms with van der Waals surface area (Å²) < 4.78 is 1.40. The van der Waals surface area contributed by atoms with E-state index in [1.54, 1.807) is 29.8 Å². The van der Waals surface area contributed by atoms with Crippen LogP contribution in [0.2, 0.25) is 0 Å².